The summed E-state index contributed by atoms with van der Waals surface area (Å²) in [5.41, 5.74) is 0.296. The molecule has 0 bridgehead atoms. The van der Waals surface area contributed by atoms with E-state index in [1.54, 1.807) is 28.0 Å². The zero-order valence-corrected chi connectivity index (χ0v) is 22.4. The van der Waals surface area contributed by atoms with Crippen LogP contribution in [0.15, 0.2) is 35.1 Å². The second kappa shape index (κ2) is 10.2. The Bertz CT molecular complexity index is 1490. The van der Waals surface area contributed by atoms with E-state index >= 15 is 0 Å². The van der Waals surface area contributed by atoms with Crippen LogP contribution in [0.25, 0.3) is 28.6 Å². The fourth-order valence-electron chi connectivity index (χ4n) is 3.37. The molecule has 0 amide bonds. The van der Waals surface area contributed by atoms with Crippen molar-refractivity contribution in [1.29, 1.82) is 0 Å². The van der Waals surface area contributed by atoms with Crippen LogP contribution in [0.5, 0.6) is 0 Å². The van der Waals surface area contributed by atoms with Crippen LogP contribution >= 0.6 is 51.0 Å². The van der Waals surface area contributed by atoms with Crippen LogP contribution in [0.1, 0.15) is 24.5 Å². The number of nitrogens with zero attached hydrogens (tertiary/aromatic N) is 4. The van der Waals surface area contributed by atoms with Gasteiger partial charge in [0.25, 0.3) is 5.89 Å². The number of rotatable bonds is 7. The SMILES string of the molecule is CC(CCc1cc(Cl)c(-c2noc(-c3cn4cc(C(F)(F)F)cc(Cl)c4n3)n2)cc1Cl)OP(=O)(O)P. The molecule has 0 radical (unpaired) electrons. The molecule has 0 spiro atoms. The van der Waals surface area contributed by atoms with E-state index in [1.807, 2.05) is 0 Å². The van der Waals surface area contributed by atoms with Crippen LogP contribution in [0.4, 0.5) is 13.2 Å². The van der Waals surface area contributed by atoms with Crippen LogP contribution < -0.4 is 0 Å². The van der Waals surface area contributed by atoms with Crippen molar-refractivity contribution in [2.45, 2.75) is 32.0 Å². The summed E-state index contributed by atoms with van der Waals surface area (Å²) in [7, 11) is -1.93. The minimum Gasteiger partial charge on any atom is -0.332 e. The summed E-state index contributed by atoms with van der Waals surface area (Å²) in [6.45, 7) is 1.66. The van der Waals surface area contributed by atoms with Gasteiger partial charge < -0.3 is 18.3 Å². The molecular weight excluding hydrogens is 586 g/mol. The van der Waals surface area contributed by atoms with Crippen LogP contribution in [0.3, 0.4) is 0 Å². The monoisotopic (exact) mass is 600 g/mol. The fourth-order valence-corrected chi connectivity index (χ4v) is 5.40. The topological polar surface area (TPSA) is 103 Å². The quantitative estimate of drug-likeness (QED) is 0.221. The van der Waals surface area contributed by atoms with Crippen molar-refractivity contribution in [2.75, 3.05) is 0 Å². The number of pyridine rings is 1. The van der Waals surface area contributed by atoms with Crippen LogP contribution in [0, 0.1) is 0 Å². The molecule has 0 saturated heterocycles. The summed E-state index contributed by atoms with van der Waals surface area (Å²) in [6, 6.07) is 3.94. The Morgan fingerprint density at radius 2 is 1.89 bits per heavy atom. The molecule has 3 unspecified atom stereocenters. The lowest BCUT2D eigenvalue weighted by atomic mass is 10.0. The summed E-state index contributed by atoms with van der Waals surface area (Å²) in [4.78, 5) is 17.7. The van der Waals surface area contributed by atoms with Crippen molar-refractivity contribution in [3.63, 3.8) is 0 Å². The van der Waals surface area contributed by atoms with Gasteiger partial charge in [-0.25, -0.2) is 4.98 Å². The molecule has 3 heterocycles. The number of halogens is 6. The van der Waals surface area contributed by atoms with Gasteiger partial charge in [-0.3, -0.25) is 4.57 Å². The Labute approximate surface area is 219 Å². The third-order valence-electron chi connectivity index (χ3n) is 5.01. The minimum absolute atomic E-state index is 0.0635. The molecule has 1 aromatic carbocycles. The average Bonchev–Trinajstić information content (AvgIpc) is 3.39. The number of benzene rings is 1. The largest absolute Gasteiger partial charge is 0.417 e. The lowest BCUT2D eigenvalue weighted by Crippen LogP contribution is -2.06. The van der Waals surface area contributed by atoms with Gasteiger partial charge in [0.1, 0.15) is 5.69 Å². The van der Waals surface area contributed by atoms with Gasteiger partial charge >= 0.3 is 13.5 Å². The van der Waals surface area contributed by atoms with Gasteiger partial charge in [0.15, 0.2) is 5.65 Å². The van der Waals surface area contributed by atoms with E-state index < -0.39 is 25.1 Å². The van der Waals surface area contributed by atoms with Crippen molar-refractivity contribution in [3.05, 3.63) is 56.8 Å². The molecule has 36 heavy (non-hydrogen) atoms. The zero-order chi connectivity index (χ0) is 26.4. The van der Waals surface area contributed by atoms with Gasteiger partial charge in [0.2, 0.25) is 5.82 Å². The average molecular weight is 602 g/mol. The summed E-state index contributed by atoms with van der Waals surface area (Å²) in [6.07, 6.45) is -2.11. The molecule has 3 aromatic heterocycles. The minimum atomic E-state index is -4.58. The molecule has 0 aliphatic rings. The normalized spacial score (nSPS) is 14.8. The molecule has 3 atom stereocenters. The molecule has 4 rings (SSSR count). The highest BCUT2D eigenvalue weighted by molar-refractivity contribution is 8.11. The first kappa shape index (κ1) is 27.3. The van der Waals surface area contributed by atoms with Gasteiger partial charge in [-0.2, -0.15) is 18.2 Å². The molecular formula is C20H16Cl3F3N4O4P2. The van der Waals surface area contributed by atoms with Crippen molar-refractivity contribution in [3.8, 4) is 23.0 Å². The fraction of sp³-hybridized carbons (Fsp3) is 0.250. The maximum Gasteiger partial charge on any atom is 0.417 e. The summed E-state index contributed by atoms with van der Waals surface area (Å²) < 4.78 is 62.0. The van der Waals surface area contributed by atoms with Crippen LogP contribution in [0.2, 0.25) is 15.1 Å². The third-order valence-corrected chi connectivity index (χ3v) is 6.98. The van der Waals surface area contributed by atoms with E-state index in [9.17, 15) is 22.6 Å². The third kappa shape index (κ3) is 6.22. The molecule has 16 heteroatoms. The summed E-state index contributed by atoms with van der Waals surface area (Å²) in [5.74, 6) is 0.0231. The number of aryl methyl sites for hydroxylation is 1. The maximum atomic E-state index is 13.1. The van der Waals surface area contributed by atoms with Gasteiger partial charge in [0.05, 0.1) is 21.7 Å². The van der Waals surface area contributed by atoms with E-state index in [2.05, 4.69) is 15.1 Å². The highest BCUT2D eigenvalue weighted by atomic mass is 35.5. The lowest BCUT2D eigenvalue weighted by molar-refractivity contribution is -0.137. The van der Waals surface area contributed by atoms with Gasteiger partial charge in [-0.05, 0) is 52.5 Å². The highest BCUT2D eigenvalue weighted by Crippen LogP contribution is 2.52. The standard InChI is InChI=1S/C20H16Cl3F3N4O4P2/c1-9(34-36(31,32)35)2-3-10-4-14(22)12(6-13(10)21)17-28-19(33-29-17)16-8-30-7-11(20(24,25)26)5-15(23)18(30)27-16/h4-9H,2-3,35H2,1H3,(H,31,32). The smallest absolute Gasteiger partial charge is 0.332 e. The number of aromatic nitrogens is 4. The number of hydrogen-bond acceptors (Lipinski definition) is 6. The first-order valence-electron chi connectivity index (χ1n) is 10.1. The number of alkyl halides is 3. The summed E-state index contributed by atoms with van der Waals surface area (Å²) in [5, 5.41) is 4.31. The molecule has 192 valence electrons. The van der Waals surface area contributed by atoms with Crippen molar-refractivity contribution in [2.24, 2.45) is 0 Å². The molecule has 0 aliphatic carbocycles. The molecule has 4 aromatic rings. The van der Waals surface area contributed by atoms with E-state index in [0.717, 1.165) is 16.7 Å². The second-order valence-electron chi connectivity index (χ2n) is 7.80. The van der Waals surface area contributed by atoms with E-state index in [4.69, 9.17) is 43.8 Å². The Balaban J connectivity index is 1.58. The number of imidazole rings is 1. The first-order chi connectivity index (χ1) is 16.7. The first-order valence-corrected chi connectivity index (χ1v) is 14.4. The van der Waals surface area contributed by atoms with Gasteiger partial charge in [0, 0.05) is 23.0 Å². The second-order valence-corrected chi connectivity index (χ2v) is 12.3. The maximum absolute atomic E-state index is 13.1. The van der Waals surface area contributed by atoms with Gasteiger partial charge in [-0.1, -0.05) is 40.0 Å². The molecule has 8 nitrogen and oxygen atoms in total. The molecule has 1 N–H and O–H groups in total. The Morgan fingerprint density at radius 3 is 2.56 bits per heavy atom. The predicted molar refractivity (Wildman–Crippen MR) is 132 cm³/mol. The molecule has 0 fully saturated rings. The predicted octanol–water partition coefficient (Wildman–Crippen LogP) is 7.34. The van der Waals surface area contributed by atoms with Crippen molar-refractivity contribution in [1.82, 2.24) is 19.5 Å². The van der Waals surface area contributed by atoms with E-state index in [-0.39, 0.29) is 33.1 Å². The van der Waals surface area contributed by atoms with Crippen LogP contribution in [-0.2, 0) is 21.7 Å². The number of fused-ring (bicyclic) bond motifs is 1. The molecule has 0 aliphatic heterocycles. The Morgan fingerprint density at radius 1 is 1.17 bits per heavy atom. The van der Waals surface area contributed by atoms with Crippen molar-refractivity contribution < 1.29 is 31.7 Å². The number of hydrogen-bond donors (Lipinski definition) is 1. The summed E-state index contributed by atoms with van der Waals surface area (Å²) >= 11 is 18.8. The Hall–Kier alpha value is -1.71. The highest BCUT2D eigenvalue weighted by Gasteiger charge is 2.32. The lowest BCUT2D eigenvalue weighted by Gasteiger charge is -2.15. The molecule has 0 saturated carbocycles. The van der Waals surface area contributed by atoms with E-state index in [1.165, 1.54) is 6.20 Å². The van der Waals surface area contributed by atoms with Crippen molar-refractivity contribution >= 4 is 56.7 Å². The van der Waals surface area contributed by atoms with Gasteiger partial charge in [-0.15, -0.1) is 0 Å². The Kier molecular flexibility index (Phi) is 7.75. The van der Waals surface area contributed by atoms with E-state index in [0.29, 0.717) is 29.0 Å². The van der Waals surface area contributed by atoms with Crippen LogP contribution in [-0.4, -0.2) is 30.5 Å². The zero-order valence-electron chi connectivity index (χ0n) is 18.1.